The number of nitrogens with zero attached hydrogens (tertiary/aromatic N) is 4. The zero-order chi connectivity index (χ0) is 19.1. The van der Waals surface area contributed by atoms with Gasteiger partial charge in [-0.1, -0.05) is 0 Å². The highest BCUT2D eigenvalue weighted by Crippen LogP contribution is 2.38. The predicted octanol–water partition coefficient (Wildman–Crippen LogP) is 2.94. The van der Waals surface area contributed by atoms with Gasteiger partial charge in [0.15, 0.2) is 0 Å². The Kier molecular flexibility index (Phi) is 4.05. The lowest BCUT2D eigenvalue weighted by atomic mass is 9.71. The van der Waals surface area contributed by atoms with Gasteiger partial charge in [0.25, 0.3) is 0 Å². The topological polar surface area (TPSA) is 85.1 Å². The number of ether oxygens (including phenoxy) is 1. The van der Waals surface area contributed by atoms with E-state index in [0.717, 1.165) is 18.7 Å². The van der Waals surface area contributed by atoms with E-state index in [1.54, 1.807) is 18.6 Å². The largest absolute Gasteiger partial charge is 0.507 e. The molecule has 1 unspecified atom stereocenters. The zero-order valence-electron chi connectivity index (χ0n) is 15.7. The summed E-state index contributed by atoms with van der Waals surface area (Å²) in [6.45, 7) is 3.27. The molecular weight excluding hydrogens is 354 g/mol. The molecule has 1 aromatic carbocycles. The van der Waals surface area contributed by atoms with Crippen LogP contribution in [0.1, 0.15) is 26.2 Å². The van der Waals surface area contributed by atoms with Gasteiger partial charge in [0.05, 0.1) is 17.7 Å². The molecule has 3 aromatic rings. The van der Waals surface area contributed by atoms with Crippen molar-refractivity contribution in [1.29, 1.82) is 0 Å². The third-order valence-electron chi connectivity index (χ3n) is 6.01. The van der Waals surface area contributed by atoms with Crippen LogP contribution in [-0.2, 0) is 0 Å². The molecule has 28 heavy (non-hydrogen) atoms. The predicted molar refractivity (Wildman–Crippen MR) is 104 cm³/mol. The highest BCUT2D eigenvalue weighted by Gasteiger charge is 2.44. The Morgan fingerprint density at radius 3 is 2.82 bits per heavy atom. The van der Waals surface area contributed by atoms with E-state index in [4.69, 9.17) is 4.74 Å². The minimum atomic E-state index is 0.151. The molecule has 2 saturated heterocycles. The molecule has 2 bridgehead atoms. The number of aromatic nitrogens is 4. The van der Waals surface area contributed by atoms with Crippen molar-refractivity contribution in [2.75, 3.05) is 6.54 Å². The molecule has 7 nitrogen and oxygen atoms in total. The van der Waals surface area contributed by atoms with Crippen LogP contribution in [-0.4, -0.2) is 43.0 Å². The lowest BCUT2D eigenvalue weighted by Crippen LogP contribution is -2.60. The second-order valence-electron chi connectivity index (χ2n) is 8.03. The van der Waals surface area contributed by atoms with Gasteiger partial charge in [-0.05, 0) is 38.0 Å². The molecule has 4 heterocycles. The number of piperidine rings is 2. The standard InChI is InChI=1S/C21H23N5O2/c1-21-7-6-14(12-23-21)19(11-21)28-20-5-4-17(24-25-20)16-3-2-15(10-18(16)27)26-9-8-22-13-26/h2-5,8-10,13-14,19,23,27H,6-7,11-12H2,1H3/t14?,19-,21+/m0/s1. The number of rotatable bonds is 4. The molecule has 1 aliphatic carbocycles. The first-order valence-corrected chi connectivity index (χ1v) is 9.67. The molecule has 1 saturated carbocycles. The number of fused-ring (bicyclic) bond motifs is 3. The lowest BCUT2D eigenvalue weighted by Gasteiger charge is -2.49. The second-order valence-corrected chi connectivity index (χ2v) is 8.03. The molecule has 6 rings (SSSR count). The molecule has 3 atom stereocenters. The lowest BCUT2D eigenvalue weighted by molar-refractivity contribution is 0.00119. The zero-order valence-corrected chi connectivity index (χ0v) is 15.7. The van der Waals surface area contributed by atoms with Crippen LogP contribution in [0.25, 0.3) is 16.9 Å². The van der Waals surface area contributed by atoms with Crippen LogP contribution >= 0.6 is 0 Å². The molecule has 0 amide bonds. The number of phenolic OH excluding ortho intramolecular Hbond substituents is 1. The van der Waals surface area contributed by atoms with Crippen LogP contribution in [0.3, 0.4) is 0 Å². The van der Waals surface area contributed by atoms with Gasteiger partial charge in [-0.15, -0.1) is 10.2 Å². The van der Waals surface area contributed by atoms with E-state index in [9.17, 15) is 5.11 Å². The molecule has 2 aliphatic heterocycles. The van der Waals surface area contributed by atoms with E-state index >= 15 is 0 Å². The van der Waals surface area contributed by atoms with E-state index in [2.05, 4.69) is 27.4 Å². The summed E-state index contributed by atoms with van der Waals surface area (Å²) in [5, 5.41) is 22.6. The van der Waals surface area contributed by atoms with Crippen molar-refractivity contribution in [2.45, 2.75) is 37.8 Å². The van der Waals surface area contributed by atoms with Gasteiger partial charge < -0.3 is 19.7 Å². The SMILES string of the molecule is C[C@]12CCC(CN1)[C@@H](Oc1ccc(-c3ccc(-n4ccnc4)cc3O)nn1)C2. The van der Waals surface area contributed by atoms with Crippen molar-refractivity contribution >= 4 is 0 Å². The minimum Gasteiger partial charge on any atom is -0.507 e. The first-order valence-electron chi connectivity index (χ1n) is 9.67. The van der Waals surface area contributed by atoms with Crippen LogP contribution < -0.4 is 10.1 Å². The third-order valence-corrected chi connectivity index (χ3v) is 6.01. The number of aromatic hydroxyl groups is 1. The first-order chi connectivity index (χ1) is 13.6. The van der Waals surface area contributed by atoms with Crippen LogP contribution in [0.15, 0.2) is 49.1 Å². The Morgan fingerprint density at radius 1 is 1.25 bits per heavy atom. The molecule has 3 aliphatic rings. The molecular formula is C21H23N5O2. The van der Waals surface area contributed by atoms with E-state index in [1.807, 2.05) is 35.0 Å². The average molecular weight is 377 g/mol. The van der Waals surface area contributed by atoms with Gasteiger partial charge in [0.1, 0.15) is 11.9 Å². The number of hydrogen-bond acceptors (Lipinski definition) is 6. The van der Waals surface area contributed by atoms with E-state index in [0.29, 0.717) is 23.1 Å². The first kappa shape index (κ1) is 17.2. The maximum Gasteiger partial charge on any atom is 0.233 e. The summed E-state index contributed by atoms with van der Waals surface area (Å²) in [6.07, 6.45) is 8.79. The molecule has 3 fully saturated rings. The quantitative estimate of drug-likeness (QED) is 0.727. The maximum absolute atomic E-state index is 10.4. The summed E-state index contributed by atoms with van der Waals surface area (Å²) in [4.78, 5) is 4.03. The number of hydrogen-bond donors (Lipinski definition) is 2. The van der Waals surface area contributed by atoms with Crippen molar-refractivity contribution in [1.82, 2.24) is 25.1 Å². The number of benzene rings is 1. The van der Waals surface area contributed by atoms with Crippen LogP contribution in [0.4, 0.5) is 0 Å². The molecule has 7 heteroatoms. The van der Waals surface area contributed by atoms with E-state index in [1.165, 1.54) is 12.8 Å². The van der Waals surface area contributed by atoms with Gasteiger partial charge in [-0.3, -0.25) is 0 Å². The summed E-state index contributed by atoms with van der Waals surface area (Å²) in [5.74, 6) is 1.22. The smallest absolute Gasteiger partial charge is 0.233 e. The molecule has 2 N–H and O–H groups in total. The fraction of sp³-hybridized carbons (Fsp3) is 0.381. The van der Waals surface area contributed by atoms with Gasteiger partial charge >= 0.3 is 0 Å². The molecule has 0 radical (unpaired) electrons. The molecule has 2 aromatic heterocycles. The fourth-order valence-electron chi connectivity index (χ4n) is 4.30. The second kappa shape index (κ2) is 6.60. The molecule has 144 valence electrons. The van der Waals surface area contributed by atoms with Crippen molar-refractivity contribution in [2.24, 2.45) is 5.92 Å². The van der Waals surface area contributed by atoms with Crippen LogP contribution in [0, 0.1) is 5.92 Å². The number of imidazole rings is 1. The van der Waals surface area contributed by atoms with E-state index in [-0.39, 0.29) is 17.4 Å². The summed E-state index contributed by atoms with van der Waals surface area (Å²) >= 11 is 0. The van der Waals surface area contributed by atoms with Crippen molar-refractivity contribution < 1.29 is 9.84 Å². The summed E-state index contributed by atoms with van der Waals surface area (Å²) in [6, 6.07) is 9.12. The highest BCUT2D eigenvalue weighted by atomic mass is 16.5. The normalized spacial score (nSPS) is 26.3. The number of phenols is 1. The number of nitrogens with one attached hydrogen (secondary N) is 1. The Bertz CT molecular complexity index is 963. The van der Waals surface area contributed by atoms with Gasteiger partial charge in [0, 0.05) is 54.5 Å². The Hall–Kier alpha value is -2.93. The maximum atomic E-state index is 10.4. The summed E-state index contributed by atoms with van der Waals surface area (Å²) < 4.78 is 7.99. The third kappa shape index (κ3) is 3.11. The summed E-state index contributed by atoms with van der Waals surface area (Å²) in [7, 11) is 0. The van der Waals surface area contributed by atoms with Gasteiger partial charge in [0.2, 0.25) is 5.88 Å². The summed E-state index contributed by atoms with van der Waals surface area (Å²) in [5.41, 5.74) is 2.26. The van der Waals surface area contributed by atoms with Crippen molar-refractivity contribution in [3.63, 3.8) is 0 Å². The van der Waals surface area contributed by atoms with Crippen molar-refractivity contribution in [3.8, 4) is 28.6 Å². The van der Waals surface area contributed by atoms with Crippen LogP contribution in [0.2, 0.25) is 0 Å². The van der Waals surface area contributed by atoms with Gasteiger partial charge in [-0.2, -0.15) is 0 Å². The Morgan fingerprint density at radius 2 is 2.18 bits per heavy atom. The monoisotopic (exact) mass is 377 g/mol. The minimum absolute atomic E-state index is 0.151. The fourth-order valence-corrected chi connectivity index (χ4v) is 4.30. The van der Waals surface area contributed by atoms with Crippen LogP contribution in [0.5, 0.6) is 11.6 Å². The van der Waals surface area contributed by atoms with E-state index < -0.39 is 0 Å². The molecule has 0 spiro atoms. The van der Waals surface area contributed by atoms with Crippen molar-refractivity contribution in [3.05, 3.63) is 49.1 Å². The van der Waals surface area contributed by atoms with Gasteiger partial charge in [-0.25, -0.2) is 4.98 Å². The average Bonchev–Trinajstić information content (AvgIpc) is 3.24. The Balaban J connectivity index is 1.33. The highest BCUT2D eigenvalue weighted by molar-refractivity contribution is 5.68. The Labute approximate surface area is 163 Å².